The van der Waals surface area contributed by atoms with E-state index in [-0.39, 0.29) is 0 Å². The van der Waals surface area contributed by atoms with Crippen LogP contribution >= 0.6 is 35.0 Å². The van der Waals surface area contributed by atoms with Gasteiger partial charge in [-0.25, -0.2) is 5.01 Å². The first-order valence-electron chi connectivity index (χ1n) is 7.65. The number of hydrogen-bond acceptors (Lipinski definition) is 5. The second-order valence-corrected chi connectivity index (χ2v) is 7.27. The lowest BCUT2D eigenvalue weighted by Gasteiger charge is -2.27. The molecule has 2 aromatic rings. The number of allylic oxidation sites excluding steroid dienone is 1. The molecular formula is C18H14Cl2N4S. The number of fused-ring (bicyclic) bond motifs is 1. The summed E-state index contributed by atoms with van der Waals surface area (Å²) in [6.07, 6.45) is 4.06. The molecule has 0 spiro atoms. The molecule has 4 rings (SSSR count). The van der Waals surface area contributed by atoms with Crippen molar-refractivity contribution in [1.29, 1.82) is 0 Å². The fourth-order valence-corrected chi connectivity index (χ4v) is 3.64. The molecule has 126 valence electrons. The van der Waals surface area contributed by atoms with Gasteiger partial charge in [-0.05, 0) is 54.8 Å². The summed E-state index contributed by atoms with van der Waals surface area (Å²) in [5.74, 6) is 0. The molecule has 2 heterocycles. The lowest BCUT2D eigenvalue weighted by atomic mass is 10.1. The van der Waals surface area contributed by atoms with Crippen molar-refractivity contribution in [3.63, 3.8) is 0 Å². The van der Waals surface area contributed by atoms with Crippen LogP contribution < -0.4 is 10.4 Å². The number of benzene rings is 2. The first-order chi connectivity index (χ1) is 12.2. The van der Waals surface area contributed by atoms with Gasteiger partial charge in [-0.2, -0.15) is 10.2 Å². The minimum Gasteiger partial charge on any atom is -0.303 e. The molecule has 0 amide bonds. The van der Waals surface area contributed by atoms with E-state index in [1.807, 2.05) is 23.2 Å². The first kappa shape index (κ1) is 16.5. The number of nitrogens with zero attached hydrogens (tertiary/aromatic N) is 3. The smallest absolute Gasteiger partial charge is 0.110 e. The van der Waals surface area contributed by atoms with Gasteiger partial charge in [0.2, 0.25) is 0 Å². The minimum atomic E-state index is 0.578. The monoisotopic (exact) mass is 388 g/mol. The molecule has 0 saturated carbocycles. The summed E-state index contributed by atoms with van der Waals surface area (Å²) in [6, 6.07) is 13.7. The van der Waals surface area contributed by atoms with Crippen LogP contribution in [-0.2, 0) is 0 Å². The molecule has 2 aromatic carbocycles. The van der Waals surface area contributed by atoms with Crippen LogP contribution in [0.4, 0.5) is 5.69 Å². The molecule has 0 aliphatic carbocycles. The van der Waals surface area contributed by atoms with Crippen LogP contribution in [0.2, 0.25) is 10.0 Å². The largest absolute Gasteiger partial charge is 0.303 e. The molecular weight excluding hydrogens is 375 g/mol. The second kappa shape index (κ2) is 6.75. The van der Waals surface area contributed by atoms with Gasteiger partial charge in [0.05, 0.1) is 23.0 Å². The van der Waals surface area contributed by atoms with E-state index in [2.05, 4.69) is 41.0 Å². The van der Waals surface area contributed by atoms with E-state index < -0.39 is 0 Å². The van der Waals surface area contributed by atoms with Gasteiger partial charge in [0, 0.05) is 15.5 Å². The summed E-state index contributed by atoms with van der Waals surface area (Å²) in [5, 5.41) is 12.2. The second-order valence-electron chi connectivity index (χ2n) is 5.54. The predicted octanol–water partition coefficient (Wildman–Crippen LogP) is 4.89. The topological polar surface area (TPSA) is 40.0 Å². The Morgan fingerprint density at radius 2 is 1.92 bits per heavy atom. The Kier molecular flexibility index (Phi) is 4.46. The van der Waals surface area contributed by atoms with Crippen LogP contribution in [0.15, 0.2) is 63.6 Å². The molecule has 2 aliphatic heterocycles. The average Bonchev–Trinajstić information content (AvgIpc) is 3.08. The summed E-state index contributed by atoms with van der Waals surface area (Å²) in [6.45, 7) is 0.618. The van der Waals surface area contributed by atoms with Crippen molar-refractivity contribution in [3.05, 3.63) is 64.1 Å². The highest BCUT2D eigenvalue weighted by Gasteiger charge is 2.26. The van der Waals surface area contributed by atoms with Crippen molar-refractivity contribution in [3.8, 4) is 0 Å². The minimum absolute atomic E-state index is 0.578. The standard InChI is InChI=1S/C18H14Cl2N4S/c1-25-13-5-3-12(4-6-13)24-18(9-16-17(23-24)10-21-22-16)14-7-2-11(19)8-15(14)20/h2-9,21H,10H2,1H3. The molecule has 0 atom stereocenters. The molecule has 0 unspecified atom stereocenters. The van der Waals surface area contributed by atoms with Crippen molar-refractivity contribution in [2.45, 2.75) is 4.90 Å². The molecule has 0 fully saturated rings. The first-order valence-corrected chi connectivity index (χ1v) is 9.63. The fourth-order valence-electron chi connectivity index (χ4n) is 2.73. The zero-order chi connectivity index (χ0) is 17.4. The van der Waals surface area contributed by atoms with Gasteiger partial charge in [-0.3, -0.25) is 0 Å². The molecule has 1 N–H and O–H groups in total. The highest BCUT2D eigenvalue weighted by Crippen LogP contribution is 2.35. The SMILES string of the molecule is CSc1ccc(N2N=C3CNN=C3C=C2c2ccc(Cl)cc2Cl)cc1. The maximum absolute atomic E-state index is 6.45. The van der Waals surface area contributed by atoms with Crippen molar-refractivity contribution in [1.82, 2.24) is 5.43 Å². The Morgan fingerprint density at radius 1 is 1.12 bits per heavy atom. The Bertz CT molecular complexity index is 919. The van der Waals surface area contributed by atoms with Gasteiger partial charge < -0.3 is 5.43 Å². The van der Waals surface area contributed by atoms with Crippen LogP contribution in [0, 0.1) is 0 Å². The number of hydrogen-bond donors (Lipinski definition) is 1. The van der Waals surface area contributed by atoms with Gasteiger partial charge >= 0.3 is 0 Å². The third kappa shape index (κ3) is 3.15. The van der Waals surface area contributed by atoms with E-state index in [4.69, 9.17) is 28.3 Å². The van der Waals surface area contributed by atoms with Crippen LogP contribution in [-0.4, -0.2) is 24.2 Å². The van der Waals surface area contributed by atoms with Crippen LogP contribution in [0.1, 0.15) is 5.56 Å². The van der Waals surface area contributed by atoms with E-state index >= 15 is 0 Å². The van der Waals surface area contributed by atoms with E-state index in [1.165, 1.54) is 4.90 Å². The number of nitrogens with one attached hydrogen (secondary N) is 1. The molecule has 0 saturated heterocycles. The Morgan fingerprint density at radius 3 is 2.64 bits per heavy atom. The summed E-state index contributed by atoms with van der Waals surface area (Å²) in [5.41, 5.74) is 7.41. The van der Waals surface area contributed by atoms with Gasteiger partial charge in [0.1, 0.15) is 11.4 Å². The Labute approximate surface area is 160 Å². The van der Waals surface area contributed by atoms with Gasteiger partial charge in [0.15, 0.2) is 0 Å². The molecule has 7 heteroatoms. The maximum atomic E-state index is 6.45. The highest BCUT2D eigenvalue weighted by atomic mass is 35.5. The van der Waals surface area contributed by atoms with Gasteiger partial charge in [-0.1, -0.05) is 23.2 Å². The van der Waals surface area contributed by atoms with Crippen LogP contribution in [0.25, 0.3) is 5.70 Å². The zero-order valence-corrected chi connectivity index (χ0v) is 15.7. The maximum Gasteiger partial charge on any atom is 0.110 e. The lowest BCUT2D eigenvalue weighted by molar-refractivity contribution is 0.876. The van der Waals surface area contributed by atoms with Crippen LogP contribution in [0.5, 0.6) is 0 Å². The number of hydrazone groups is 2. The molecule has 4 nitrogen and oxygen atoms in total. The molecule has 0 bridgehead atoms. The van der Waals surface area contributed by atoms with Gasteiger partial charge in [-0.15, -0.1) is 11.8 Å². The van der Waals surface area contributed by atoms with Crippen molar-refractivity contribution >= 4 is 57.8 Å². The fraction of sp³-hybridized carbons (Fsp3) is 0.111. The number of thioether (sulfide) groups is 1. The van der Waals surface area contributed by atoms with Crippen molar-refractivity contribution in [2.24, 2.45) is 10.2 Å². The quantitative estimate of drug-likeness (QED) is 0.760. The summed E-state index contributed by atoms with van der Waals surface area (Å²) in [7, 11) is 0. The molecule has 2 aliphatic rings. The van der Waals surface area contributed by atoms with Crippen molar-refractivity contribution < 1.29 is 0 Å². The number of anilines is 1. The normalized spacial score (nSPS) is 16.0. The third-order valence-corrected chi connectivity index (χ3v) is 5.28. The zero-order valence-electron chi connectivity index (χ0n) is 13.3. The Balaban J connectivity index is 1.82. The number of halogens is 2. The van der Waals surface area contributed by atoms with E-state index in [9.17, 15) is 0 Å². The molecule has 0 aromatic heterocycles. The molecule has 0 radical (unpaired) electrons. The predicted molar refractivity (Wildman–Crippen MR) is 108 cm³/mol. The average molecular weight is 389 g/mol. The summed E-state index contributed by atoms with van der Waals surface area (Å²) >= 11 is 14.2. The molecule has 25 heavy (non-hydrogen) atoms. The number of rotatable bonds is 3. The summed E-state index contributed by atoms with van der Waals surface area (Å²) < 4.78 is 0. The van der Waals surface area contributed by atoms with E-state index in [0.29, 0.717) is 16.6 Å². The lowest BCUT2D eigenvalue weighted by Crippen LogP contribution is -2.27. The van der Waals surface area contributed by atoms with Gasteiger partial charge in [0.25, 0.3) is 0 Å². The highest BCUT2D eigenvalue weighted by molar-refractivity contribution is 7.98. The van der Waals surface area contributed by atoms with Crippen molar-refractivity contribution in [2.75, 3.05) is 17.8 Å². The third-order valence-electron chi connectivity index (χ3n) is 3.99. The van der Waals surface area contributed by atoms with E-state index in [0.717, 1.165) is 28.4 Å². The van der Waals surface area contributed by atoms with E-state index in [1.54, 1.807) is 17.8 Å². The summed E-state index contributed by atoms with van der Waals surface area (Å²) in [4.78, 5) is 1.20. The van der Waals surface area contributed by atoms with Crippen LogP contribution in [0.3, 0.4) is 0 Å². The Hall–Kier alpha value is -1.95.